The van der Waals surface area contributed by atoms with Gasteiger partial charge in [-0.15, -0.1) is 0 Å². The van der Waals surface area contributed by atoms with Gasteiger partial charge in [0.1, 0.15) is 6.29 Å². The lowest BCUT2D eigenvalue weighted by Crippen LogP contribution is -2.26. The molecule has 1 N–H and O–H groups in total. The number of hydrogen-bond acceptors (Lipinski definition) is 3. The SMILES string of the molecule is CC(C=O)(CCCCCS(=O)CCCCCC(C)(CO)c1ccccc1)c1ccccc1. The van der Waals surface area contributed by atoms with Crippen molar-refractivity contribution in [2.24, 2.45) is 0 Å². The van der Waals surface area contributed by atoms with Crippen molar-refractivity contribution in [3.8, 4) is 0 Å². The first-order chi connectivity index (χ1) is 15.4. The van der Waals surface area contributed by atoms with Crippen LogP contribution < -0.4 is 0 Å². The van der Waals surface area contributed by atoms with Gasteiger partial charge in [0, 0.05) is 33.1 Å². The van der Waals surface area contributed by atoms with Crippen molar-refractivity contribution in [1.29, 1.82) is 0 Å². The molecule has 2 aromatic carbocycles. The van der Waals surface area contributed by atoms with Gasteiger partial charge in [0.05, 0.1) is 6.61 Å². The van der Waals surface area contributed by atoms with E-state index in [-0.39, 0.29) is 12.0 Å². The summed E-state index contributed by atoms with van der Waals surface area (Å²) < 4.78 is 12.3. The minimum Gasteiger partial charge on any atom is -0.395 e. The summed E-state index contributed by atoms with van der Waals surface area (Å²) in [5, 5.41) is 9.89. The van der Waals surface area contributed by atoms with E-state index < -0.39 is 16.2 Å². The highest BCUT2D eigenvalue weighted by Gasteiger charge is 2.26. The lowest BCUT2D eigenvalue weighted by atomic mass is 9.79. The molecule has 0 fully saturated rings. The van der Waals surface area contributed by atoms with Gasteiger partial charge in [-0.2, -0.15) is 0 Å². The topological polar surface area (TPSA) is 54.4 Å². The summed E-state index contributed by atoms with van der Waals surface area (Å²) in [5.41, 5.74) is 1.63. The van der Waals surface area contributed by atoms with Gasteiger partial charge in [-0.25, -0.2) is 0 Å². The van der Waals surface area contributed by atoms with E-state index in [1.165, 1.54) is 5.56 Å². The molecule has 0 aliphatic heterocycles. The molecule has 0 saturated heterocycles. The highest BCUT2D eigenvalue weighted by Crippen LogP contribution is 2.29. The Labute approximate surface area is 197 Å². The standard InChI is InChI=1S/C28H40O3S/c1-27(23-29,25-15-7-3-8-16-25)19-11-5-13-21-32(31)22-14-6-12-20-28(2,24-30)26-17-9-4-10-18-26/h3-4,7-10,15-18,23,30H,5-6,11-14,19-22,24H2,1-2H3. The van der Waals surface area contributed by atoms with Crippen LogP contribution in [0.5, 0.6) is 0 Å². The van der Waals surface area contributed by atoms with E-state index in [1.54, 1.807) is 0 Å². The van der Waals surface area contributed by atoms with Crippen LogP contribution in [0.1, 0.15) is 76.3 Å². The zero-order valence-electron chi connectivity index (χ0n) is 19.8. The zero-order valence-corrected chi connectivity index (χ0v) is 20.6. The average molecular weight is 457 g/mol. The van der Waals surface area contributed by atoms with Crippen LogP contribution in [-0.2, 0) is 26.4 Å². The molecule has 3 nitrogen and oxygen atoms in total. The van der Waals surface area contributed by atoms with Crippen LogP contribution in [0.15, 0.2) is 60.7 Å². The van der Waals surface area contributed by atoms with Crippen molar-refractivity contribution < 1.29 is 14.1 Å². The molecule has 0 aliphatic rings. The molecule has 32 heavy (non-hydrogen) atoms. The third kappa shape index (κ3) is 8.29. The Morgan fingerprint density at radius 1 is 0.750 bits per heavy atom. The maximum Gasteiger partial charge on any atom is 0.130 e. The number of aldehydes is 1. The van der Waals surface area contributed by atoms with Crippen LogP contribution in [0.2, 0.25) is 0 Å². The minimum absolute atomic E-state index is 0.149. The summed E-state index contributed by atoms with van der Waals surface area (Å²) in [4.78, 5) is 11.7. The fourth-order valence-corrected chi connectivity index (χ4v) is 5.49. The molecule has 0 bridgehead atoms. The minimum atomic E-state index is -0.764. The number of benzene rings is 2. The number of carbonyl (C=O) groups excluding carboxylic acids is 1. The molecule has 0 heterocycles. The van der Waals surface area contributed by atoms with Gasteiger partial charge in [0.15, 0.2) is 0 Å². The molecule has 176 valence electrons. The van der Waals surface area contributed by atoms with Gasteiger partial charge in [0.2, 0.25) is 0 Å². The average Bonchev–Trinajstić information content (AvgIpc) is 2.84. The molecule has 0 spiro atoms. The number of unbranched alkanes of at least 4 members (excludes halogenated alkanes) is 4. The molecule has 0 aliphatic carbocycles. The number of carbonyl (C=O) groups is 1. The molecule has 0 radical (unpaired) electrons. The van der Waals surface area contributed by atoms with Gasteiger partial charge in [-0.1, -0.05) is 93.3 Å². The second kappa shape index (κ2) is 13.7. The Hall–Kier alpha value is -1.78. The summed E-state index contributed by atoms with van der Waals surface area (Å²) in [6.07, 6.45) is 8.83. The first kappa shape index (κ1) is 26.5. The second-order valence-corrected chi connectivity index (χ2v) is 11.2. The third-order valence-electron chi connectivity index (χ3n) is 6.68. The van der Waals surface area contributed by atoms with Crippen molar-refractivity contribution in [3.05, 3.63) is 71.8 Å². The number of aliphatic hydroxyl groups excluding tert-OH is 1. The van der Waals surface area contributed by atoms with Crippen molar-refractivity contribution in [1.82, 2.24) is 0 Å². The summed E-state index contributed by atoms with van der Waals surface area (Å²) in [6.45, 7) is 4.28. The molecule has 2 rings (SSSR count). The number of aliphatic hydroxyl groups is 1. The normalized spacial score (nSPS) is 16.1. The predicted molar refractivity (Wildman–Crippen MR) is 136 cm³/mol. The van der Waals surface area contributed by atoms with Crippen molar-refractivity contribution in [3.63, 3.8) is 0 Å². The van der Waals surface area contributed by atoms with Gasteiger partial charge >= 0.3 is 0 Å². The van der Waals surface area contributed by atoms with Gasteiger partial charge in [-0.05, 0) is 43.7 Å². The Bertz CT molecular complexity index is 808. The van der Waals surface area contributed by atoms with Crippen LogP contribution in [0, 0.1) is 0 Å². The molecule has 0 amide bonds. The smallest absolute Gasteiger partial charge is 0.130 e. The van der Waals surface area contributed by atoms with E-state index >= 15 is 0 Å². The first-order valence-corrected chi connectivity index (χ1v) is 13.5. The quantitative estimate of drug-likeness (QED) is 0.250. The monoisotopic (exact) mass is 456 g/mol. The number of hydrogen-bond donors (Lipinski definition) is 1. The molecular formula is C28H40O3S. The highest BCUT2D eigenvalue weighted by atomic mass is 32.2. The van der Waals surface area contributed by atoms with Gasteiger partial charge < -0.3 is 9.90 Å². The Kier molecular flexibility index (Phi) is 11.3. The van der Waals surface area contributed by atoms with E-state index in [9.17, 15) is 14.1 Å². The van der Waals surface area contributed by atoms with Crippen molar-refractivity contribution >= 4 is 17.1 Å². The predicted octanol–water partition coefficient (Wildman–Crippen LogP) is 5.96. The lowest BCUT2D eigenvalue weighted by Gasteiger charge is -2.28. The fourth-order valence-electron chi connectivity index (χ4n) is 4.23. The lowest BCUT2D eigenvalue weighted by molar-refractivity contribution is -0.112. The molecule has 3 unspecified atom stereocenters. The van der Waals surface area contributed by atoms with E-state index in [4.69, 9.17) is 0 Å². The largest absolute Gasteiger partial charge is 0.395 e. The van der Waals surface area contributed by atoms with Crippen LogP contribution in [0.25, 0.3) is 0 Å². The van der Waals surface area contributed by atoms with E-state index in [2.05, 4.69) is 19.1 Å². The van der Waals surface area contributed by atoms with Gasteiger partial charge in [0.25, 0.3) is 0 Å². The molecule has 2 aromatic rings. The number of rotatable bonds is 16. The fraction of sp³-hybridized carbons (Fsp3) is 0.536. The van der Waals surface area contributed by atoms with E-state index in [0.717, 1.165) is 74.7 Å². The van der Waals surface area contributed by atoms with Crippen LogP contribution in [-0.4, -0.2) is 33.7 Å². The molecule has 3 atom stereocenters. The Morgan fingerprint density at radius 2 is 1.25 bits per heavy atom. The maximum atomic E-state index is 12.3. The van der Waals surface area contributed by atoms with E-state index in [0.29, 0.717) is 0 Å². The summed E-state index contributed by atoms with van der Waals surface area (Å²) in [7, 11) is -0.764. The van der Waals surface area contributed by atoms with Crippen molar-refractivity contribution in [2.45, 2.75) is 76.0 Å². The summed E-state index contributed by atoms with van der Waals surface area (Å²) >= 11 is 0. The second-order valence-electron chi connectivity index (χ2n) is 9.46. The Balaban J connectivity index is 1.58. The van der Waals surface area contributed by atoms with Crippen LogP contribution in [0.3, 0.4) is 0 Å². The summed E-state index contributed by atoms with van der Waals surface area (Å²) in [5.74, 6) is 1.51. The van der Waals surface area contributed by atoms with Crippen LogP contribution in [0.4, 0.5) is 0 Å². The van der Waals surface area contributed by atoms with Crippen molar-refractivity contribution in [2.75, 3.05) is 18.1 Å². The Morgan fingerprint density at radius 3 is 1.75 bits per heavy atom. The molecular weight excluding hydrogens is 416 g/mol. The first-order valence-electron chi connectivity index (χ1n) is 12.0. The highest BCUT2D eigenvalue weighted by molar-refractivity contribution is 7.84. The zero-order chi connectivity index (χ0) is 23.3. The van der Waals surface area contributed by atoms with Gasteiger partial charge in [-0.3, -0.25) is 4.21 Å². The molecule has 0 aromatic heterocycles. The molecule has 4 heteroatoms. The third-order valence-corrected chi connectivity index (χ3v) is 8.17. The van der Waals surface area contributed by atoms with E-state index in [1.807, 2.05) is 55.5 Å². The maximum absolute atomic E-state index is 12.3. The molecule has 0 saturated carbocycles. The van der Waals surface area contributed by atoms with Crippen LogP contribution >= 0.6 is 0 Å². The summed E-state index contributed by atoms with van der Waals surface area (Å²) in [6, 6.07) is 20.2.